The van der Waals surface area contributed by atoms with Gasteiger partial charge in [-0.1, -0.05) is 29.8 Å². The number of carbonyl (C=O) groups is 2. The molecule has 2 N–H and O–H groups in total. The highest BCUT2D eigenvalue weighted by molar-refractivity contribution is 5.88. The molecular formula is C19H26N4O3. The molecule has 7 heteroatoms. The summed E-state index contributed by atoms with van der Waals surface area (Å²) in [6.07, 6.45) is 2.15. The van der Waals surface area contributed by atoms with E-state index in [2.05, 4.69) is 15.6 Å². The number of hydrazine groups is 1. The molecule has 0 spiro atoms. The standard InChI is InChI=1S/C19H26N4O3/c1-15-2-4-16(5-3-15)17-6-7-19(25)23(21-17)14-18(24)20-8-9-22-10-12-26-13-11-22/h2-6,21H,7-14H2,1H3,(H,20,24). The van der Waals surface area contributed by atoms with E-state index in [0.29, 0.717) is 6.54 Å². The van der Waals surface area contributed by atoms with Gasteiger partial charge in [0, 0.05) is 32.6 Å². The fourth-order valence-corrected chi connectivity index (χ4v) is 2.97. The summed E-state index contributed by atoms with van der Waals surface area (Å²) in [6, 6.07) is 8.06. The summed E-state index contributed by atoms with van der Waals surface area (Å²) in [5.74, 6) is -0.270. The van der Waals surface area contributed by atoms with Gasteiger partial charge in [0.15, 0.2) is 0 Å². The third-order valence-corrected chi connectivity index (χ3v) is 4.56. The van der Waals surface area contributed by atoms with Crippen molar-refractivity contribution in [2.45, 2.75) is 13.3 Å². The molecular weight excluding hydrogens is 332 g/mol. The largest absolute Gasteiger partial charge is 0.379 e. The van der Waals surface area contributed by atoms with Gasteiger partial charge in [-0.3, -0.25) is 19.9 Å². The molecule has 1 aromatic rings. The number of aryl methyl sites for hydroxylation is 1. The van der Waals surface area contributed by atoms with Crippen LogP contribution in [0.4, 0.5) is 0 Å². The number of hydrogen-bond acceptors (Lipinski definition) is 5. The Balaban J connectivity index is 1.47. The van der Waals surface area contributed by atoms with Gasteiger partial charge in [0.2, 0.25) is 11.8 Å². The number of amides is 2. The van der Waals surface area contributed by atoms with Crippen LogP contribution in [-0.4, -0.2) is 67.7 Å². The topological polar surface area (TPSA) is 73.9 Å². The van der Waals surface area contributed by atoms with Gasteiger partial charge in [0.25, 0.3) is 0 Å². The maximum atomic E-state index is 12.2. The van der Waals surface area contributed by atoms with E-state index < -0.39 is 0 Å². The first-order valence-corrected chi connectivity index (χ1v) is 9.03. The van der Waals surface area contributed by atoms with Gasteiger partial charge < -0.3 is 10.1 Å². The summed E-state index contributed by atoms with van der Waals surface area (Å²) in [5, 5.41) is 4.27. The van der Waals surface area contributed by atoms with E-state index in [-0.39, 0.29) is 24.8 Å². The fraction of sp³-hybridized carbons (Fsp3) is 0.474. The zero-order valence-corrected chi connectivity index (χ0v) is 15.2. The van der Waals surface area contributed by atoms with Crippen molar-refractivity contribution in [3.63, 3.8) is 0 Å². The van der Waals surface area contributed by atoms with Gasteiger partial charge >= 0.3 is 0 Å². The Morgan fingerprint density at radius 1 is 1.23 bits per heavy atom. The highest BCUT2D eigenvalue weighted by atomic mass is 16.5. The molecule has 3 rings (SSSR count). The fourth-order valence-electron chi connectivity index (χ4n) is 2.97. The van der Waals surface area contributed by atoms with E-state index in [9.17, 15) is 9.59 Å². The Morgan fingerprint density at radius 2 is 1.96 bits per heavy atom. The quantitative estimate of drug-likeness (QED) is 0.776. The van der Waals surface area contributed by atoms with Crippen LogP contribution >= 0.6 is 0 Å². The molecule has 1 fully saturated rings. The van der Waals surface area contributed by atoms with E-state index >= 15 is 0 Å². The van der Waals surface area contributed by atoms with Crippen LogP contribution in [0, 0.1) is 6.92 Å². The minimum Gasteiger partial charge on any atom is -0.379 e. The number of morpholine rings is 1. The number of hydrogen-bond donors (Lipinski definition) is 2. The Kier molecular flexibility index (Phi) is 6.25. The second kappa shape index (κ2) is 8.82. The smallest absolute Gasteiger partial charge is 0.245 e. The predicted molar refractivity (Wildman–Crippen MR) is 98.9 cm³/mol. The number of benzene rings is 1. The Hall–Kier alpha value is -2.38. The van der Waals surface area contributed by atoms with Crippen LogP contribution in [-0.2, 0) is 14.3 Å². The number of ether oxygens (including phenoxy) is 1. The van der Waals surface area contributed by atoms with Crippen molar-refractivity contribution in [3.05, 3.63) is 41.5 Å². The summed E-state index contributed by atoms with van der Waals surface area (Å²) in [7, 11) is 0. The molecule has 0 atom stereocenters. The van der Waals surface area contributed by atoms with Crippen molar-refractivity contribution in [1.82, 2.24) is 20.7 Å². The van der Waals surface area contributed by atoms with Crippen LogP contribution in [0.25, 0.3) is 5.70 Å². The molecule has 0 saturated carbocycles. The van der Waals surface area contributed by atoms with E-state index in [1.54, 1.807) is 0 Å². The lowest BCUT2D eigenvalue weighted by molar-refractivity contribution is -0.137. The van der Waals surface area contributed by atoms with Crippen LogP contribution in [0.15, 0.2) is 30.3 Å². The Labute approximate surface area is 154 Å². The van der Waals surface area contributed by atoms with Crippen LogP contribution in [0.1, 0.15) is 17.5 Å². The van der Waals surface area contributed by atoms with Crippen molar-refractivity contribution in [3.8, 4) is 0 Å². The summed E-state index contributed by atoms with van der Waals surface area (Å²) in [4.78, 5) is 26.5. The van der Waals surface area contributed by atoms with Crippen molar-refractivity contribution in [2.75, 3.05) is 45.9 Å². The molecule has 26 heavy (non-hydrogen) atoms. The summed E-state index contributed by atoms with van der Waals surface area (Å²) in [5.41, 5.74) is 6.10. The molecule has 2 heterocycles. The van der Waals surface area contributed by atoms with Crippen molar-refractivity contribution in [2.24, 2.45) is 0 Å². The number of carbonyl (C=O) groups excluding carboxylic acids is 2. The number of nitrogens with zero attached hydrogens (tertiary/aromatic N) is 2. The van der Waals surface area contributed by atoms with Crippen LogP contribution < -0.4 is 10.7 Å². The minimum absolute atomic E-state index is 0.00510. The number of nitrogens with one attached hydrogen (secondary N) is 2. The Morgan fingerprint density at radius 3 is 2.69 bits per heavy atom. The zero-order chi connectivity index (χ0) is 18.4. The zero-order valence-electron chi connectivity index (χ0n) is 15.2. The maximum absolute atomic E-state index is 12.2. The van der Waals surface area contributed by atoms with Crippen molar-refractivity contribution >= 4 is 17.5 Å². The van der Waals surface area contributed by atoms with E-state index in [0.717, 1.165) is 44.1 Å². The molecule has 2 aliphatic heterocycles. The molecule has 0 radical (unpaired) electrons. The molecule has 0 aliphatic carbocycles. The maximum Gasteiger partial charge on any atom is 0.245 e. The highest BCUT2D eigenvalue weighted by Crippen LogP contribution is 2.17. The first-order valence-electron chi connectivity index (χ1n) is 9.03. The molecule has 1 saturated heterocycles. The minimum atomic E-state index is -0.163. The molecule has 0 aromatic heterocycles. The van der Waals surface area contributed by atoms with Gasteiger partial charge in [0.05, 0.1) is 18.9 Å². The van der Waals surface area contributed by atoms with Gasteiger partial charge in [-0.2, -0.15) is 0 Å². The monoisotopic (exact) mass is 358 g/mol. The second-order valence-corrected chi connectivity index (χ2v) is 6.58. The lowest BCUT2D eigenvalue weighted by atomic mass is 10.1. The lowest BCUT2D eigenvalue weighted by Crippen LogP contribution is -2.50. The SMILES string of the molecule is Cc1ccc(C2=CCC(=O)N(CC(=O)NCCN3CCOCC3)N2)cc1. The molecule has 0 bridgehead atoms. The van der Waals surface area contributed by atoms with E-state index in [4.69, 9.17) is 4.74 Å². The average Bonchev–Trinajstić information content (AvgIpc) is 2.65. The molecule has 0 unspecified atom stereocenters. The summed E-state index contributed by atoms with van der Waals surface area (Å²) >= 11 is 0. The highest BCUT2D eigenvalue weighted by Gasteiger charge is 2.22. The molecule has 1 aromatic carbocycles. The van der Waals surface area contributed by atoms with Crippen LogP contribution in [0.5, 0.6) is 0 Å². The van der Waals surface area contributed by atoms with Crippen LogP contribution in [0.3, 0.4) is 0 Å². The molecule has 140 valence electrons. The Bertz CT molecular complexity index is 666. The third-order valence-electron chi connectivity index (χ3n) is 4.56. The van der Waals surface area contributed by atoms with Crippen molar-refractivity contribution in [1.29, 1.82) is 0 Å². The van der Waals surface area contributed by atoms with Gasteiger partial charge in [-0.05, 0) is 18.6 Å². The first kappa shape index (κ1) is 18.4. The first-order chi connectivity index (χ1) is 12.6. The normalized spacial score (nSPS) is 18.3. The average molecular weight is 358 g/mol. The molecule has 2 amide bonds. The summed E-state index contributed by atoms with van der Waals surface area (Å²) in [6.45, 7) is 6.68. The predicted octanol–water partition coefficient (Wildman–Crippen LogP) is 0.521. The number of rotatable bonds is 6. The lowest BCUT2D eigenvalue weighted by Gasteiger charge is -2.29. The third kappa shape index (κ3) is 5.06. The van der Waals surface area contributed by atoms with Gasteiger partial charge in [-0.25, -0.2) is 5.01 Å². The van der Waals surface area contributed by atoms with Gasteiger partial charge in [-0.15, -0.1) is 0 Å². The molecule has 2 aliphatic rings. The van der Waals surface area contributed by atoms with E-state index in [1.807, 2.05) is 37.3 Å². The summed E-state index contributed by atoms with van der Waals surface area (Å²) < 4.78 is 5.31. The van der Waals surface area contributed by atoms with E-state index in [1.165, 1.54) is 10.6 Å². The molecule has 7 nitrogen and oxygen atoms in total. The van der Waals surface area contributed by atoms with Gasteiger partial charge in [0.1, 0.15) is 6.54 Å². The van der Waals surface area contributed by atoms with Crippen molar-refractivity contribution < 1.29 is 14.3 Å². The second-order valence-electron chi connectivity index (χ2n) is 6.58. The van der Waals surface area contributed by atoms with Crippen LogP contribution in [0.2, 0.25) is 0 Å².